The van der Waals surface area contributed by atoms with Crippen molar-refractivity contribution in [3.8, 4) is 6.07 Å². The van der Waals surface area contributed by atoms with E-state index in [0.29, 0.717) is 0 Å². The lowest BCUT2D eigenvalue weighted by Crippen LogP contribution is -2.36. The summed E-state index contributed by atoms with van der Waals surface area (Å²) in [7, 11) is 1.83. The van der Waals surface area contributed by atoms with E-state index in [-0.39, 0.29) is 5.60 Å². The summed E-state index contributed by atoms with van der Waals surface area (Å²) in [4.78, 5) is 0. The first kappa shape index (κ1) is 20.9. The van der Waals surface area contributed by atoms with Gasteiger partial charge in [-0.25, -0.2) is 0 Å². The van der Waals surface area contributed by atoms with Crippen molar-refractivity contribution >= 4 is 0 Å². The average molecular weight is 378 g/mol. The van der Waals surface area contributed by atoms with E-state index in [1.54, 1.807) is 11.6 Å². The van der Waals surface area contributed by atoms with Crippen LogP contribution in [0.15, 0.2) is 48.6 Å². The van der Waals surface area contributed by atoms with Crippen molar-refractivity contribution in [2.45, 2.75) is 76.2 Å². The Morgan fingerprint density at radius 2 is 1.64 bits per heavy atom. The van der Waals surface area contributed by atoms with Gasteiger partial charge in [0.2, 0.25) is 0 Å². The molecule has 2 aliphatic rings. The zero-order chi connectivity index (χ0) is 19.8. The van der Waals surface area contributed by atoms with E-state index in [2.05, 4.69) is 37.3 Å². The lowest BCUT2D eigenvalue weighted by molar-refractivity contribution is -0.0193. The maximum Gasteiger partial charge on any atom is 0.0912 e. The Bertz CT molecular complexity index is 693. The van der Waals surface area contributed by atoms with Crippen LogP contribution in [-0.2, 0) is 11.2 Å². The number of hydrogen-bond acceptors (Lipinski definition) is 2. The molecule has 1 aromatic rings. The average Bonchev–Trinajstić information content (AvgIpc) is 2.77. The van der Waals surface area contributed by atoms with Gasteiger partial charge in [-0.15, -0.1) is 0 Å². The SMILES string of the molecule is CCc1ccc([C@H]2CC[C@H]([C@H]3CC[C@@](C=CC=CC#N)(OC)CC3)CC2)cc1. The second kappa shape index (κ2) is 10.1. The normalized spacial score (nSPS) is 31.2. The molecule has 2 nitrogen and oxygen atoms in total. The number of nitrogens with zero attached hydrogens (tertiary/aromatic N) is 1. The minimum atomic E-state index is -0.130. The maximum atomic E-state index is 8.62. The minimum absolute atomic E-state index is 0.130. The topological polar surface area (TPSA) is 33.0 Å². The molecule has 0 aliphatic heterocycles. The van der Waals surface area contributed by atoms with Gasteiger partial charge in [0.25, 0.3) is 0 Å². The monoisotopic (exact) mass is 377 g/mol. The molecule has 150 valence electrons. The standard InChI is InChI=1S/C26H35NO/c1-3-21-7-9-22(10-8-21)23-11-13-24(14-12-23)25-15-18-26(28-2,19-16-25)17-5-4-6-20-27/h4-10,17,23-25H,3,11-16,18-19H2,1-2H3/t23-,24-,25-,26+. The number of rotatable bonds is 6. The Balaban J connectivity index is 1.50. The van der Waals surface area contributed by atoms with Gasteiger partial charge in [0, 0.05) is 13.2 Å². The number of allylic oxidation sites excluding steroid dienone is 3. The van der Waals surface area contributed by atoms with Gasteiger partial charge in [-0.1, -0.05) is 49.4 Å². The van der Waals surface area contributed by atoms with Crippen LogP contribution in [0, 0.1) is 23.2 Å². The van der Waals surface area contributed by atoms with Crippen LogP contribution in [0.3, 0.4) is 0 Å². The number of nitriles is 1. The van der Waals surface area contributed by atoms with E-state index in [4.69, 9.17) is 10.00 Å². The van der Waals surface area contributed by atoms with Crippen LogP contribution in [0.5, 0.6) is 0 Å². The van der Waals surface area contributed by atoms with E-state index in [1.165, 1.54) is 50.2 Å². The third kappa shape index (κ3) is 5.15. The fourth-order valence-electron chi connectivity index (χ4n) is 5.32. The Morgan fingerprint density at radius 3 is 2.21 bits per heavy atom. The Labute approximate surface area is 171 Å². The largest absolute Gasteiger partial charge is 0.374 e. The molecule has 2 aliphatic carbocycles. The Morgan fingerprint density at radius 1 is 1.00 bits per heavy atom. The lowest BCUT2D eigenvalue weighted by Gasteiger charge is -2.42. The molecule has 0 radical (unpaired) electrons. The summed E-state index contributed by atoms with van der Waals surface area (Å²) in [6.45, 7) is 2.22. The first-order valence-electron chi connectivity index (χ1n) is 11.1. The number of aryl methyl sites for hydroxylation is 1. The van der Waals surface area contributed by atoms with Gasteiger partial charge in [0.1, 0.15) is 0 Å². The molecule has 0 spiro atoms. The van der Waals surface area contributed by atoms with Crippen LogP contribution in [0.2, 0.25) is 0 Å². The highest BCUT2D eigenvalue weighted by molar-refractivity contribution is 5.25. The summed E-state index contributed by atoms with van der Waals surface area (Å²) >= 11 is 0. The number of benzene rings is 1. The number of methoxy groups -OCH3 is 1. The Kier molecular flexibility index (Phi) is 7.51. The van der Waals surface area contributed by atoms with E-state index < -0.39 is 0 Å². The minimum Gasteiger partial charge on any atom is -0.374 e. The molecule has 3 rings (SSSR count). The Hall–Kier alpha value is -1.85. The molecule has 2 saturated carbocycles. The molecule has 0 aromatic heterocycles. The van der Waals surface area contributed by atoms with Gasteiger partial charge in [-0.2, -0.15) is 5.26 Å². The van der Waals surface area contributed by atoms with Crippen molar-refractivity contribution in [2.75, 3.05) is 7.11 Å². The summed E-state index contributed by atoms with van der Waals surface area (Å²) < 4.78 is 5.88. The summed E-state index contributed by atoms with van der Waals surface area (Å²) in [6.07, 6.45) is 18.8. The van der Waals surface area contributed by atoms with Crippen molar-refractivity contribution in [3.63, 3.8) is 0 Å². The van der Waals surface area contributed by atoms with Gasteiger partial charge in [0.05, 0.1) is 11.7 Å². The van der Waals surface area contributed by atoms with Crippen molar-refractivity contribution in [3.05, 3.63) is 59.7 Å². The maximum absolute atomic E-state index is 8.62. The van der Waals surface area contributed by atoms with Crippen LogP contribution < -0.4 is 0 Å². The van der Waals surface area contributed by atoms with Crippen LogP contribution in [0.25, 0.3) is 0 Å². The smallest absolute Gasteiger partial charge is 0.0912 e. The molecule has 0 atom stereocenters. The van der Waals surface area contributed by atoms with E-state index in [9.17, 15) is 0 Å². The number of hydrogen-bond donors (Lipinski definition) is 0. The molecule has 0 bridgehead atoms. The molecule has 0 heterocycles. The van der Waals surface area contributed by atoms with Crippen LogP contribution in [0.4, 0.5) is 0 Å². The van der Waals surface area contributed by atoms with Gasteiger partial charge in [-0.05, 0) is 86.7 Å². The van der Waals surface area contributed by atoms with Gasteiger partial charge >= 0.3 is 0 Å². The zero-order valence-electron chi connectivity index (χ0n) is 17.6. The van der Waals surface area contributed by atoms with E-state index in [1.807, 2.05) is 19.3 Å². The van der Waals surface area contributed by atoms with E-state index >= 15 is 0 Å². The molecule has 28 heavy (non-hydrogen) atoms. The van der Waals surface area contributed by atoms with Crippen molar-refractivity contribution in [1.29, 1.82) is 5.26 Å². The molecule has 0 unspecified atom stereocenters. The highest BCUT2D eigenvalue weighted by Crippen LogP contribution is 2.45. The highest BCUT2D eigenvalue weighted by Gasteiger charge is 2.37. The summed E-state index contributed by atoms with van der Waals surface area (Å²) in [5, 5.41) is 8.62. The summed E-state index contributed by atoms with van der Waals surface area (Å²) in [6, 6.07) is 11.4. The van der Waals surface area contributed by atoms with Crippen molar-refractivity contribution in [1.82, 2.24) is 0 Å². The van der Waals surface area contributed by atoms with Gasteiger partial charge < -0.3 is 4.74 Å². The first-order valence-corrected chi connectivity index (χ1v) is 11.1. The van der Waals surface area contributed by atoms with Crippen LogP contribution >= 0.6 is 0 Å². The molecule has 2 fully saturated rings. The fourth-order valence-corrected chi connectivity index (χ4v) is 5.32. The van der Waals surface area contributed by atoms with E-state index in [0.717, 1.165) is 37.0 Å². The fraction of sp³-hybridized carbons (Fsp3) is 0.577. The second-order valence-electron chi connectivity index (χ2n) is 8.66. The third-order valence-corrected chi connectivity index (χ3v) is 7.26. The predicted octanol–water partition coefficient (Wildman–Crippen LogP) is 6.73. The molecule has 2 heteroatoms. The van der Waals surface area contributed by atoms with Crippen LogP contribution in [0.1, 0.15) is 75.3 Å². The molecular weight excluding hydrogens is 342 g/mol. The quantitative estimate of drug-likeness (QED) is 0.406. The molecular formula is C26H35NO. The molecule has 1 aromatic carbocycles. The van der Waals surface area contributed by atoms with Crippen molar-refractivity contribution < 1.29 is 4.74 Å². The zero-order valence-corrected chi connectivity index (χ0v) is 17.6. The lowest BCUT2D eigenvalue weighted by atomic mass is 9.67. The molecule has 0 N–H and O–H groups in total. The first-order chi connectivity index (χ1) is 13.7. The summed E-state index contributed by atoms with van der Waals surface area (Å²) in [5.41, 5.74) is 2.86. The molecule has 0 saturated heterocycles. The predicted molar refractivity (Wildman–Crippen MR) is 116 cm³/mol. The molecule has 0 amide bonds. The number of ether oxygens (including phenoxy) is 1. The second-order valence-corrected chi connectivity index (χ2v) is 8.66. The summed E-state index contributed by atoms with van der Waals surface area (Å²) in [5.74, 6) is 2.51. The van der Waals surface area contributed by atoms with Crippen LogP contribution in [-0.4, -0.2) is 12.7 Å². The van der Waals surface area contributed by atoms with Gasteiger partial charge in [0.15, 0.2) is 0 Å². The third-order valence-electron chi connectivity index (χ3n) is 7.26. The highest BCUT2D eigenvalue weighted by atomic mass is 16.5. The van der Waals surface area contributed by atoms with Crippen molar-refractivity contribution in [2.24, 2.45) is 11.8 Å². The van der Waals surface area contributed by atoms with Gasteiger partial charge in [-0.3, -0.25) is 0 Å².